The van der Waals surface area contributed by atoms with E-state index in [1.165, 1.54) is 35.7 Å². The van der Waals surface area contributed by atoms with E-state index in [9.17, 15) is 13.2 Å². The molecule has 32 heavy (non-hydrogen) atoms. The molecular formula is C21H24F3N7O. The number of anilines is 3. The molecule has 0 radical (unpaired) electrons. The molecule has 170 valence electrons. The van der Waals surface area contributed by atoms with Crippen molar-refractivity contribution in [1.82, 2.24) is 24.7 Å². The first kappa shape index (κ1) is 20.7. The van der Waals surface area contributed by atoms with Gasteiger partial charge in [-0.05, 0) is 37.0 Å². The van der Waals surface area contributed by atoms with Crippen LogP contribution in [0.25, 0.3) is 5.82 Å². The fourth-order valence-corrected chi connectivity index (χ4v) is 4.15. The second kappa shape index (κ2) is 8.38. The van der Waals surface area contributed by atoms with Crippen LogP contribution in [0.15, 0.2) is 43.1 Å². The van der Waals surface area contributed by atoms with Crippen molar-refractivity contribution in [3.8, 4) is 5.82 Å². The number of piperidine rings is 1. The van der Waals surface area contributed by atoms with E-state index in [1.54, 1.807) is 6.07 Å². The molecule has 8 nitrogen and oxygen atoms in total. The number of aromatic nitrogens is 5. The van der Waals surface area contributed by atoms with Crippen molar-refractivity contribution in [2.24, 2.45) is 11.8 Å². The lowest BCUT2D eigenvalue weighted by atomic mass is 9.83. The van der Waals surface area contributed by atoms with Gasteiger partial charge in [-0.2, -0.15) is 22.8 Å². The van der Waals surface area contributed by atoms with Crippen LogP contribution < -0.4 is 10.2 Å². The maximum absolute atomic E-state index is 13.6. The number of hydrogen-bond donors (Lipinski definition) is 1. The molecule has 0 aliphatic carbocycles. The van der Waals surface area contributed by atoms with Crippen molar-refractivity contribution in [3.63, 3.8) is 0 Å². The molecule has 0 unspecified atom stereocenters. The number of nitrogens with one attached hydrogen (secondary N) is 1. The third-order valence-corrected chi connectivity index (χ3v) is 6.01. The Kier molecular flexibility index (Phi) is 5.41. The molecule has 1 aromatic carbocycles. The Morgan fingerprint density at radius 2 is 1.84 bits per heavy atom. The Hall–Kier alpha value is -3.21. The number of hydrogen-bond acceptors (Lipinski definition) is 7. The highest BCUT2D eigenvalue weighted by atomic mass is 19.4. The lowest BCUT2D eigenvalue weighted by Crippen LogP contribution is -2.42. The summed E-state index contributed by atoms with van der Waals surface area (Å²) in [5.41, 5.74) is 0.112. The van der Waals surface area contributed by atoms with Gasteiger partial charge in [0, 0.05) is 44.2 Å². The summed E-state index contributed by atoms with van der Waals surface area (Å²) in [5, 5.41) is 7.14. The SMILES string of the molecule is FC(F)(F)c1cc(Nc2ncn(-c3cnccn3)n2)cc(N2CCC(C3COC3)CC2)c1.[HH]. The topological polar surface area (TPSA) is 81.0 Å². The summed E-state index contributed by atoms with van der Waals surface area (Å²) in [6.07, 6.45) is 3.45. The molecular weight excluding hydrogens is 423 g/mol. The van der Waals surface area contributed by atoms with Gasteiger partial charge in [0.1, 0.15) is 6.33 Å². The number of alkyl halides is 3. The van der Waals surface area contributed by atoms with Crippen LogP contribution in [-0.2, 0) is 10.9 Å². The highest BCUT2D eigenvalue weighted by Gasteiger charge is 2.34. The second-order valence-corrected chi connectivity index (χ2v) is 8.09. The van der Waals surface area contributed by atoms with Crippen LogP contribution in [0.3, 0.4) is 0 Å². The Morgan fingerprint density at radius 1 is 1.03 bits per heavy atom. The maximum Gasteiger partial charge on any atom is 0.416 e. The highest BCUT2D eigenvalue weighted by Crippen LogP contribution is 2.37. The van der Waals surface area contributed by atoms with Crippen LogP contribution in [0.2, 0.25) is 0 Å². The zero-order valence-electron chi connectivity index (χ0n) is 17.2. The normalized spacial score (nSPS) is 17.9. The van der Waals surface area contributed by atoms with E-state index in [-0.39, 0.29) is 13.1 Å². The molecule has 1 N–H and O–H groups in total. The second-order valence-electron chi connectivity index (χ2n) is 8.09. The molecule has 4 heterocycles. The monoisotopic (exact) mass is 447 g/mol. The number of halogens is 3. The van der Waals surface area contributed by atoms with Crippen molar-refractivity contribution >= 4 is 17.3 Å². The van der Waals surface area contributed by atoms with Gasteiger partial charge in [-0.25, -0.2) is 4.98 Å². The summed E-state index contributed by atoms with van der Waals surface area (Å²) >= 11 is 0. The van der Waals surface area contributed by atoms with E-state index < -0.39 is 11.7 Å². The van der Waals surface area contributed by atoms with E-state index >= 15 is 0 Å². The molecule has 0 bridgehead atoms. The zero-order chi connectivity index (χ0) is 22.1. The van der Waals surface area contributed by atoms with Crippen LogP contribution in [0.5, 0.6) is 0 Å². The molecule has 2 fully saturated rings. The molecule has 0 atom stereocenters. The summed E-state index contributed by atoms with van der Waals surface area (Å²) in [5.74, 6) is 1.80. The van der Waals surface area contributed by atoms with Crippen LogP contribution in [0.4, 0.5) is 30.5 Å². The van der Waals surface area contributed by atoms with Gasteiger partial charge in [-0.3, -0.25) is 4.98 Å². The molecule has 2 saturated heterocycles. The van der Waals surface area contributed by atoms with Gasteiger partial charge in [-0.15, -0.1) is 5.10 Å². The van der Waals surface area contributed by atoms with Gasteiger partial charge >= 0.3 is 6.18 Å². The molecule has 0 amide bonds. The lowest BCUT2D eigenvalue weighted by Gasteiger charge is -2.40. The molecule has 2 aliphatic rings. The minimum Gasteiger partial charge on any atom is -0.381 e. The van der Waals surface area contributed by atoms with E-state index in [2.05, 4.69) is 25.4 Å². The van der Waals surface area contributed by atoms with Gasteiger partial charge in [-0.1, -0.05) is 0 Å². The van der Waals surface area contributed by atoms with E-state index in [0.717, 1.165) is 45.2 Å². The Labute approximate surface area is 183 Å². The van der Waals surface area contributed by atoms with Crippen LogP contribution in [0.1, 0.15) is 19.8 Å². The van der Waals surface area contributed by atoms with E-state index in [0.29, 0.717) is 23.3 Å². The first-order chi connectivity index (χ1) is 15.5. The number of benzene rings is 1. The Morgan fingerprint density at radius 3 is 2.50 bits per heavy atom. The lowest BCUT2D eigenvalue weighted by molar-refractivity contribution is -0.137. The summed E-state index contributed by atoms with van der Waals surface area (Å²) in [4.78, 5) is 14.2. The van der Waals surface area contributed by atoms with Gasteiger partial charge < -0.3 is 15.0 Å². The summed E-state index contributed by atoms with van der Waals surface area (Å²) in [6, 6.07) is 4.00. The molecule has 0 saturated carbocycles. The van der Waals surface area contributed by atoms with Crippen LogP contribution in [-0.4, -0.2) is 51.0 Å². The Bertz CT molecular complexity index is 1070. The van der Waals surface area contributed by atoms with E-state index in [1.807, 2.05) is 4.90 Å². The number of ether oxygens (including phenoxy) is 1. The average Bonchev–Trinajstić information content (AvgIpc) is 3.21. The minimum absolute atomic E-state index is 0. The third kappa shape index (κ3) is 4.38. The molecule has 11 heteroatoms. The van der Waals surface area contributed by atoms with Gasteiger partial charge in [0.2, 0.25) is 5.95 Å². The molecule has 5 rings (SSSR count). The molecule has 0 spiro atoms. The largest absolute Gasteiger partial charge is 0.416 e. The summed E-state index contributed by atoms with van der Waals surface area (Å²) in [6.45, 7) is 3.05. The molecule has 3 aromatic rings. The highest BCUT2D eigenvalue weighted by molar-refractivity contribution is 5.64. The average molecular weight is 447 g/mol. The van der Waals surface area contributed by atoms with Crippen molar-refractivity contribution in [2.45, 2.75) is 19.0 Å². The standard InChI is InChI=1S/C21H22F3N7O.H2/c22-21(23,24)16-7-17(28-20-27-13-31(29-20)19-10-25-3-4-26-19)9-18(8-16)30-5-1-14(2-6-30)15-11-32-12-15;/h3-4,7-10,13-15H,1-2,5-6,11-12H2,(H,28,29);1H. The third-order valence-electron chi connectivity index (χ3n) is 6.01. The maximum atomic E-state index is 13.6. The minimum atomic E-state index is -4.46. The van der Waals surface area contributed by atoms with Crippen molar-refractivity contribution in [2.75, 3.05) is 36.5 Å². The number of nitrogens with zero attached hydrogens (tertiary/aromatic N) is 6. The Balaban J connectivity index is 0.00000259. The fourth-order valence-electron chi connectivity index (χ4n) is 4.15. The first-order valence-electron chi connectivity index (χ1n) is 10.5. The van der Waals surface area contributed by atoms with Crippen molar-refractivity contribution < 1.29 is 19.3 Å². The van der Waals surface area contributed by atoms with Gasteiger partial charge in [0.15, 0.2) is 5.82 Å². The number of rotatable bonds is 5. The smallest absolute Gasteiger partial charge is 0.381 e. The van der Waals surface area contributed by atoms with Gasteiger partial charge in [0.05, 0.1) is 25.0 Å². The first-order valence-corrected chi connectivity index (χ1v) is 10.5. The quantitative estimate of drug-likeness (QED) is 0.635. The fraction of sp³-hybridized carbons (Fsp3) is 0.429. The van der Waals surface area contributed by atoms with Gasteiger partial charge in [0.25, 0.3) is 0 Å². The predicted octanol–water partition coefficient (Wildman–Crippen LogP) is 3.93. The zero-order valence-corrected chi connectivity index (χ0v) is 17.2. The molecule has 2 aromatic heterocycles. The van der Waals surface area contributed by atoms with Crippen LogP contribution in [0, 0.1) is 11.8 Å². The van der Waals surface area contributed by atoms with Crippen molar-refractivity contribution in [3.05, 3.63) is 48.7 Å². The van der Waals surface area contributed by atoms with Crippen molar-refractivity contribution in [1.29, 1.82) is 0 Å². The molecule has 2 aliphatic heterocycles. The van der Waals surface area contributed by atoms with E-state index in [4.69, 9.17) is 4.74 Å². The summed E-state index contributed by atoms with van der Waals surface area (Å²) < 4.78 is 47.5. The van der Waals surface area contributed by atoms with Crippen LogP contribution >= 0.6 is 0 Å². The summed E-state index contributed by atoms with van der Waals surface area (Å²) in [7, 11) is 0. The predicted molar refractivity (Wildman–Crippen MR) is 113 cm³/mol.